The minimum absolute atomic E-state index is 0.325. The molecule has 1 aromatic rings. The van der Waals surface area contributed by atoms with Crippen molar-refractivity contribution in [3.8, 4) is 5.75 Å². The van der Waals surface area contributed by atoms with Crippen molar-refractivity contribution in [2.24, 2.45) is 0 Å². The molecule has 0 saturated carbocycles. The number of benzene rings is 1. The molecule has 2 aliphatic rings. The van der Waals surface area contributed by atoms with Crippen LogP contribution in [0.5, 0.6) is 5.75 Å². The number of fused-ring (bicyclic) bond motifs is 1. The summed E-state index contributed by atoms with van der Waals surface area (Å²) in [6.07, 6.45) is -0.00224. The van der Waals surface area contributed by atoms with Gasteiger partial charge in [-0.15, -0.1) is 0 Å². The van der Waals surface area contributed by atoms with Gasteiger partial charge >= 0.3 is 0 Å². The highest BCUT2D eigenvalue weighted by Crippen LogP contribution is 2.39. The zero-order chi connectivity index (χ0) is 20.1. The molecule has 2 saturated heterocycles. The topological polar surface area (TPSA) is 86.6 Å². The summed E-state index contributed by atoms with van der Waals surface area (Å²) in [7, 11) is 0. The average molecular weight is 396 g/mol. The molecule has 28 heavy (non-hydrogen) atoms. The van der Waals surface area contributed by atoms with Crippen molar-refractivity contribution in [1.82, 2.24) is 0 Å². The Morgan fingerprint density at radius 3 is 2.57 bits per heavy atom. The van der Waals surface area contributed by atoms with Gasteiger partial charge in [-0.2, -0.15) is 0 Å². The van der Waals surface area contributed by atoms with E-state index >= 15 is 0 Å². The number of aliphatic hydroxyl groups is 2. The second-order valence-corrected chi connectivity index (χ2v) is 7.79. The normalized spacial score (nSPS) is 29.6. The molecule has 2 fully saturated rings. The monoisotopic (exact) mass is 396 g/mol. The maximum atomic E-state index is 10.1. The highest BCUT2D eigenvalue weighted by Gasteiger charge is 2.56. The number of hydrogen-bond acceptors (Lipinski definition) is 7. The molecule has 1 aromatic carbocycles. The number of ether oxygens (including phenoxy) is 5. The third-order valence-electron chi connectivity index (χ3n) is 4.98. The molecule has 7 heteroatoms. The molecule has 2 aliphatic heterocycles. The summed E-state index contributed by atoms with van der Waals surface area (Å²) in [5, 5.41) is 19.4. The first-order chi connectivity index (χ1) is 13.4. The van der Waals surface area contributed by atoms with Crippen LogP contribution in [0.2, 0.25) is 0 Å². The highest BCUT2D eigenvalue weighted by molar-refractivity contribution is 5.26. The van der Waals surface area contributed by atoms with Gasteiger partial charge in [0.1, 0.15) is 30.2 Å². The van der Waals surface area contributed by atoms with Gasteiger partial charge in [0.05, 0.1) is 19.8 Å². The van der Waals surface area contributed by atoms with Crippen LogP contribution < -0.4 is 4.74 Å². The zero-order valence-electron chi connectivity index (χ0n) is 16.9. The molecule has 5 atom stereocenters. The van der Waals surface area contributed by atoms with Crippen LogP contribution in [0.4, 0.5) is 0 Å². The van der Waals surface area contributed by atoms with E-state index in [-0.39, 0.29) is 0 Å². The van der Waals surface area contributed by atoms with Crippen LogP contribution >= 0.6 is 0 Å². The van der Waals surface area contributed by atoms with Crippen LogP contribution in [0.1, 0.15) is 45.6 Å². The molecule has 0 aliphatic carbocycles. The Labute approximate surface area is 166 Å². The molecule has 2 N–H and O–H groups in total. The molecular weight excluding hydrogens is 364 g/mol. The lowest BCUT2D eigenvalue weighted by Gasteiger charge is -2.28. The minimum Gasteiger partial charge on any atom is -0.494 e. The summed E-state index contributed by atoms with van der Waals surface area (Å²) in [6, 6.07) is 7.76. The Bertz CT molecular complexity index is 603. The molecule has 0 unspecified atom stereocenters. The summed E-state index contributed by atoms with van der Waals surface area (Å²) in [4.78, 5) is 0. The maximum absolute atomic E-state index is 10.1. The molecule has 158 valence electrons. The summed E-state index contributed by atoms with van der Waals surface area (Å²) in [5.74, 6) is 0.0648. The van der Waals surface area contributed by atoms with Crippen molar-refractivity contribution in [3.63, 3.8) is 0 Å². The predicted molar refractivity (Wildman–Crippen MR) is 102 cm³/mol. The molecule has 2 heterocycles. The van der Waals surface area contributed by atoms with Crippen molar-refractivity contribution in [2.45, 2.75) is 83.1 Å². The first kappa shape index (κ1) is 21.5. The van der Waals surface area contributed by atoms with Crippen molar-refractivity contribution < 1.29 is 33.9 Å². The van der Waals surface area contributed by atoms with Gasteiger partial charge < -0.3 is 33.9 Å². The number of aliphatic hydroxyl groups excluding tert-OH is 2. The van der Waals surface area contributed by atoms with E-state index in [1.54, 1.807) is 0 Å². The fraction of sp³-hybridized carbons (Fsp3) is 0.714. The second kappa shape index (κ2) is 9.52. The molecule has 0 radical (unpaired) electrons. The van der Waals surface area contributed by atoms with E-state index < -0.39 is 43.1 Å². The summed E-state index contributed by atoms with van der Waals surface area (Å²) < 4.78 is 29.1. The first-order valence-electron chi connectivity index (χ1n) is 10.1. The van der Waals surface area contributed by atoms with E-state index in [1.165, 1.54) is 12.8 Å². The highest BCUT2D eigenvalue weighted by atomic mass is 16.8. The fourth-order valence-corrected chi connectivity index (χ4v) is 3.52. The second-order valence-electron chi connectivity index (χ2n) is 7.79. The standard InChI is InChI=1S/C21H32O7/c1-4-5-6-11-24-15-9-7-14(8-10-15)13-25-18-17(16(23)12-22)26-20-19(18)27-21(2,3)28-20/h7-10,16-20,22-23H,4-6,11-13H2,1-3H3/t16-,17+,18-,19-,20-/m0/s1. The summed E-state index contributed by atoms with van der Waals surface area (Å²) in [6.45, 7) is 6.41. The van der Waals surface area contributed by atoms with Crippen molar-refractivity contribution in [1.29, 1.82) is 0 Å². The molecule has 7 nitrogen and oxygen atoms in total. The third-order valence-corrected chi connectivity index (χ3v) is 4.98. The van der Waals surface area contributed by atoms with Crippen LogP contribution in [0.3, 0.4) is 0 Å². The first-order valence-corrected chi connectivity index (χ1v) is 10.1. The minimum atomic E-state index is -1.06. The average Bonchev–Trinajstić information content (AvgIpc) is 3.15. The van der Waals surface area contributed by atoms with E-state index in [2.05, 4.69) is 6.92 Å². The lowest BCUT2D eigenvalue weighted by atomic mass is 10.1. The third kappa shape index (κ3) is 5.23. The van der Waals surface area contributed by atoms with Crippen LogP contribution in [-0.4, -0.2) is 59.9 Å². The number of rotatable bonds is 10. The van der Waals surface area contributed by atoms with Crippen molar-refractivity contribution in [3.05, 3.63) is 29.8 Å². The molecular formula is C21H32O7. The van der Waals surface area contributed by atoms with Gasteiger partial charge in [-0.3, -0.25) is 0 Å². The van der Waals surface area contributed by atoms with E-state index in [1.807, 2.05) is 38.1 Å². The van der Waals surface area contributed by atoms with Gasteiger partial charge in [0.25, 0.3) is 0 Å². The van der Waals surface area contributed by atoms with Crippen molar-refractivity contribution >= 4 is 0 Å². The Hall–Kier alpha value is -1.22. The summed E-state index contributed by atoms with van der Waals surface area (Å²) >= 11 is 0. The van der Waals surface area contributed by atoms with Gasteiger partial charge in [0, 0.05) is 0 Å². The van der Waals surface area contributed by atoms with E-state index in [4.69, 9.17) is 23.7 Å². The van der Waals surface area contributed by atoms with Crippen LogP contribution in [-0.2, 0) is 25.6 Å². The predicted octanol–water partition coefficient (Wildman–Crippen LogP) is 2.37. The van der Waals surface area contributed by atoms with Gasteiger partial charge in [-0.05, 0) is 38.0 Å². The molecule has 3 rings (SSSR count). The summed E-state index contributed by atoms with van der Waals surface area (Å²) in [5.41, 5.74) is 0.972. The SMILES string of the molecule is CCCCCOc1ccc(CO[C@@H]2[C@@H]3OC(C)(C)O[C@@H]3O[C@@H]2[C@@H](O)CO)cc1. The van der Waals surface area contributed by atoms with Crippen molar-refractivity contribution in [2.75, 3.05) is 13.2 Å². The molecule has 0 amide bonds. The maximum Gasteiger partial charge on any atom is 0.190 e. The lowest BCUT2D eigenvalue weighted by Crippen LogP contribution is -2.44. The van der Waals surface area contributed by atoms with Crippen LogP contribution in [0, 0.1) is 0 Å². The van der Waals surface area contributed by atoms with Gasteiger partial charge in [-0.25, -0.2) is 0 Å². The smallest absolute Gasteiger partial charge is 0.190 e. The van der Waals surface area contributed by atoms with Gasteiger partial charge in [0.15, 0.2) is 12.1 Å². The zero-order valence-corrected chi connectivity index (χ0v) is 16.9. The Morgan fingerprint density at radius 1 is 1.14 bits per heavy atom. The molecule has 0 spiro atoms. The Morgan fingerprint density at radius 2 is 1.89 bits per heavy atom. The quantitative estimate of drug-likeness (QED) is 0.587. The Balaban J connectivity index is 1.56. The molecule has 0 aromatic heterocycles. The van der Waals surface area contributed by atoms with Gasteiger partial charge in [0.2, 0.25) is 0 Å². The number of unbranched alkanes of at least 4 members (excludes halogenated alkanes) is 2. The van der Waals surface area contributed by atoms with E-state index in [9.17, 15) is 10.2 Å². The largest absolute Gasteiger partial charge is 0.494 e. The van der Waals surface area contributed by atoms with Crippen LogP contribution in [0.25, 0.3) is 0 Å². The fourth-order valence-electron chi connectivity index (χ4n) is 3.52. The number of hydrogen-bond donors (Lipinski definition) is 2. The molecule has 0 bridgehead atoms. The lowest BCUT2D eigenvalue weighted by molar-refractivity contribution is -0.232. The van der Waals surface area contributed by atoms with Crippen LogP contribution in [0.15, 0.2) is 24.3 Å². The van der Waals surface area contributed by atoms with Gasteiger partial charge in [-0.1, -0.05) is 31.9 Å². The van der Waals surface area contributed by atoms with E-state index in [0.29, 0.717) is 6.61 Å². The Kier molecular flexibility index (Phi) is 7.31. The van der Waals surface area contributed by atoms with E-state index in [0.717, 1.165) is 24.3 Å².